The van der Waals surface area contributed by atoms with Crippen molar-refractivity contribution in [2.75, 3.05) is 13.2 Å². The van der Waals surface area contributed by atoms with E-state index in [1.165, 1.54) is 12.8 Å². The van der Waals surface area contributed by atoms with Gasteiger partial charge in [0.05, 0.1) is 6.10 Å². The molecule has 0 spiro atoms. The summed E-state index contributed by atoms with van der Waals surface area (Å²) in [6.07, 6.45) is 7.21. The van der Waals surface area contributed by atoms with Crippen LogP contribution in [-0.2, 0) is 9.53 Å². The van der Waals surface area contributed by atoms with Crippen LogP contribution in [0.1, 0.15) is 32.1 Å². The Morgan fingerprint density at radius 2 is 2.43 bits per heavy atom. The third kappa shape index (κ3) is 2.58. The van der Waals surface area contributed by atoms with Crippen LogP contribution >= 0.6 is 0 Å². The average Bonchev–Trinajstić information content (AvgIpc) is 2.77. The molecule has 2 aliphatic rings. The van der Waals surface area contributed by atoms with Gasteiger partial charge in [-0.2, -0.15) is 0 Å². The summed E-state index contributed by atoms with van der Waals surface area (Å²) >= 11 is 0. The van der Waals surface area contributed by atoms with Crippen LogP contribution in [0.2, 0.25) is 0 Å². The third-order valence-electron chi connectivity index (χ3n) is 2.82. The van der Waals surface area contributed by atoms with Crippen LogP contribution < -0.4 is 5.32 Å². The molecule has 1 fully saturated rings. The number of carbonyl (C=O) groups excluding carboxylic acids is 1. The number of ketones is 1. The molecule has 0 aromatic heterocycles. The van der Waals surface area contributed by atoms with E-state index in [1.807, 2.05) is 0 Å². The second-order valence-corrected chi connectivity index (χ2v) is 3.99. The van der Waals surface area contributed by atoms with E-state index in [2.05, 4.69) is 5.32 Å². The Kier molecular flexibility index (Phi) is 3.19. The molecule has 0 aromatic rings. The summed E-state index contributed by atoms with van der Waals surface area (Å²) in [6, 6.07) is 0. The summed E-state index contributed by atoms with van der Waals surface area (Å²) in [5, 5.41) is 3.30. The SMILES string of the molecule is O=C1C=C(NCCC2CCCO2)CC1. The van der Waals surface area contributed by atoms with Gasteiger partial charge >= 0.3 is 0 Å². The summed E-state index contributed by atoms with van der Waals surface area (Å²) < 4.78 is 5.51. The van der Waals surface area contributed by atoms with Gasteiger partial charge in [0.15, 0.2) is 5.78 Å². The second-order valence-electron chi connectivity index (χ2n) is 3.99. The Bertz CT molecular complexity index is 242. The van der Waals surface area contributed by atoms with Gasteiger partial charge in [-0.05, 0) is 25.7 Å². The van der Waals surface area contributed by atoms with Gasteiger partial charge in [-0.1, -0.05) is 0 Å². The maximum Gasteiger partial charge on any atom is 0.157 e. The molecule has 0 amide bonds. The molecular weight excluding hydrogens is 178 g/mol. The van der Waals surface area contributed by atoms with Crippen molar-refractivity contribution < 1.29 is 9.53 Å². The van der Waals surface area contributed by atoms with Crippen molar-refractivity contribution in [3.8, 4) is 0 Å². The number of nitrogens with one attached hydrogen (secondary N) is 1. The monoisotopic (exact) mass is 195 g/mol. The number of rotatable bonds is 4. The maximum atomic E-state index is 10.9. The normalized spacial score (nSPS) is 26.7. The molecule has 2 rings (SSSR count). The quantitative estimate of drug-likeness (QED) is 0.736. The van der Waals surface area contributed by atoms with Crippen LogP contribution in [0, 0.1) is 0 Å². The van der Waals surface area contributed by atoms with Crippen molar-refractivity contribution in [3.05, 3.63) is 11.8 Å². The van der Waals surface area contributed by atoms with Crippen molar-refractivity contribution >= 4 is 5.78 Å². The lowest BCUT2D eigenvalue weighted by molar-refractivity contribution is -0.114. The first kappa shape index (κ1) is 9.71. The Morgan fingerprint density at radius 1 is 1.50 bits per heavy atom. The van der Waals surface area contributed by atoms with Crippen LogP contribution in [0.3, 0.4) is 0 Å². The highest BCUT2D eigenvalue weighted by atomic mass is 16.5. The highest BCUT2D eigenvalue weighted by Gasteiger charge is 2.16. The van der Waals surface area contributed by atoms with Crippen molar-refractivity contribution in [2.45, 2.75) is 38.2 Å². The molecule has 14 heavy (non-hydrogen) atoms. The number of hydrogen-bond acceptors (Lipinski definition) is 3. The zero-order valence-electron chi connectivity index (χ0n) is 8.42. The van der Waals surface area contributed by atoms with Crippen molar-refractivity contribution in [3.63, 3.8) is 0 Å². The number of carbonyl (C=O) groups is 1. The molecule has 3 heteroatoms. The molecule has 0 radical (unpaired) electrons. The van der Waals surface area contributed by atoms with Gasteiger partial charge in [-0.25, -0.2) is 0 Å². The van der Waals surface area contributed by atoms with E-state index < -0.39 is 0 Å². The molecule has 0 saturated carbocycles. The smallest absolute Gasteiger partial charge is 0.157 e. The fraction of sp³-hybridized carbons (Fsp3) is 0.727. The number of ether oxygens (including phenoxy) is 1. The molecule has 1 aliphatic heterocycles. The van der Waals surface area contributed by atoms with Gasteiger partial charge in [0.25, 0.3) is 0 Å². The minimum Gasteiger partial charge on any atom is -0.388 e. The first-order valence-electron chi connectivity index (χ1n) is 5.43. The lowest BCUT2D eigenvalue weighted by atomic mass is 10.2. The third-order valence-corrected chi connectivity index (χ3v) is 2.82. The predicted octanol–water partition coefficient (Wildman–Crippen LogP) is 1.39. The molecular formula is C11H17NO2. The second kappa shape index (κ2) is 4.60. The first-order chi connectivity index (χ1) is 6.84. The fourth-order valence-corrected chi connectivity index (χ4v) is 2.00. The molecule has 1 unspecified atom stereocenters. The van der Waals surface area contributed by atoms with E-state index in [4.69, 9.17) is 4.74 Å². The molecule has 1 aliphatic carbocycles. The van der Waals surface area contributed by atoms with Crippen LogP contribution in [0.15, 0.2) is 11.8 Å². The van der Waals surface area contributed by atoms with E-state index in [1.54, 1.807) is 6.08 Å². The zero-order valence-corrected chi connectivity index (χ0v) is 8.42. The predicted molar refractivity (Wildman–Crippen MR) is 53.9 cm³/mol. The molecule has 1 N–H and O–H groups in total. The average molecular weight is 195 g/mol. The zero-order chi connectivity index (χ0) is 9.80. The van der Waals surface area contributed by atoms with Crippen LogP contribution in [0.5, 0.6) is 0 Å². The van der Waals surface area contributed by atoms with Crippen LogP contribution in [-0.4, -0.2) is 25.0 Å². The van der Waals surface area contributed by atoms with E-state index in [9.17, 15) is 4.79 Å². The fourth-order valence-electron chi connectivity index (χ4n) is 2.00. The van der Waals surface area contributed by atoms with Gasteiger partial charge in [-0.3, -0.25) is 4.79 Å². The lowest BCUT2D eigenvalue weighted by Gasteiger charge is -2.10. The maximum absolute atomic E-state index is 10.9. The van der Waals surface area contributed by atoms with Gasteiger partial charge in [-0.15, -0.1) is 0 Å². The Hall–Kier alpha value is -0.830. The first-order valence-corrected chi connectivity index (χ1v) is 5.43. The topological polar surface area (TPSA) is 38.3 Å². The van der Waals surface area contributed by atoms with Crippen molar-refractivity contribution in [1.29, 1.82) is 0 Å². The van der Waals surface area contributed by atoms with Crippen molar-refractivity contribution in [1.82, 2.24) is 5.32 Å². The highest BCUT2D eigenvalue weighted by molar-refractivity contribution is 5.92. The summed E-state index contributed by atoms with van der Waals surface area (Å²) in [5.41, 5.74) is 1.10. The Morgan fingerprint density at radius 3 is 3.07 bits per heavy atom. The molecule has 0 bridgehead atoms. The Balaban J connectivity index is 1.62. The van der Waals surface area contributed by atoms with E-state index in [0.717, 1.165) is 31.7 Å². The summed E-state index contributed by atoms with van der Waals surface area (Å²) in [6.45, 7) is 1.86. The number of hydrogen-bond donors (Lipinski definition) is 1. The molecule has 1 heterocycles. The van der Waals surface area contributed by atoms with Crippen LogP contribution in [0.4, 0.5) is 0 Å². The summed E-state index contributed by atoms with van der Waals surface area (Å²) in [4.78, 5) is 10.9. The molecule has 78 valence electrons. The van der Waals surface area contributed by atoms with Gasteiger partial charge in [0.1, 0.15) is 0 Å². The van der Waals surface area contributed by atoms with Gasteiger partial charge < -0.3 is 10.1 Å². The van der Waals surface area contributed by atoms with E-state index in [0.29, 0.717) is 12.5 Å². The lowest BCUT2D eigenvalue weighted by Crippen LogP contribution is -2.18. The molecule has 1 saturated heterocycles. The highest BCUT2D eigenvalue weighted by Crippen LogP contribution is 2.16. The Labute approximate surface area is 84.5 Å². The molecule has 1 atom stereocenters. The molecule has 3 nitrogen and oxygen atoms in total. The van der Waals surface area contributed by atoms with Gasteiger partial charge in [0.2, 0.25) is 0 Å². The summed E-state index contributed by atoms with van der Waals surface area (Å²) in [7, 11) is 0. The largest absolute Gasteiger partial charge is 0.388 e. The minimum atomic E-state index is 0.254. The molecule has 0 aromatic carbocycles. The number of allylic oxidation sites excluding steroid dienone is 2. The van der Waals surface area contributed by atoms with E-state index >= 15 is 0 Å². The standard InChI is InChI=1S/C11H17NO2/c13-10-4-3-9(8-10)12-6-5-11-2-1-7-14-11/h8,11-12H,1-7H2. The van der Waals surface area contributed by atoms with Crippen molar-refractivity contribution in [2.24, 2.45) is 0 Å². The van der Waals surface area contributed by atoms with Gasteiger partial charge in [0, 0.05) is 31.3 Å². The minimum absolute atomic E-state index is 0.254. The van der Waals surface area contributed by atoms with Crippen LogP contribution in [0.25, 0.3) is 0 Å². The summed E-state index contributed by atoms with van der Waals surface area (Å²) in [5.74, 6) is 0.254. The van der Waals surface area contributed by atoms with E-state index in [-0.39, 0.29) is 5.78 Å².